The molecule has 2 rings (SSSR count). The van der Waals surface area contributed by atoms with Gasteiger partial charge in [0, 0.05) is 5.56 Å². The molecular weight excluding hydrogens is 353 g/mol. The third kappa shape index (κ3) is 3.27. The fourth-order valence-electron chi connectivity index (χ4n) is 1.52. The van der Waals surface area contributed by atoms with Crippen molar-refractivity contribution in [3.05, 3.63) is 57.8 Å². The first kappa shape index (κ1) is 15.2. The van der Waals surface area contributed by atoms with Crippen LogP contribution < -0.4 is 10.5 Å². The first-order valence-electron chi connectivity index (χ1n) is 5.52. The Balaban J connectivity index is 2.38. The third-order valence-corrected chi connectivity index (χ3v) is 3.12. The van der Waals surface area contributed by atoms with Crippen molar-refractivity contribution in [3.8, 4) is 11.5 Å². The van der Waals surface area contributed by atoms with E-state index in [2.05, 4.69) is 21.1 Å². The minimum Gasteiger partial charge on any atom is -0.451 e. The van der Waals surface area contributed by atoms with Crippen LogP contribution in [0.15, 0.2) is 40.0 Å². The molecule has 0 radical (unpaired) electrons. The highest BCUT2D eigenvalue weighted by atomic mass is 79.9. The average molecular weight is 361 g/mol. The summed E-state index contributed by atoms with van der Waals surface area (Å²) in [5.74, 6) is -3.70. The lowest BCUT2D eigenvalue weighted by atomic mass is 10.2. The van der Waals surface area contributed by atoms with Crippen LogP contribution in [0.2, 0.25) is 0 Å². The third-order valence-electron chi connectivity index (χ3n) is 2.51. The van der Waals surface area contributed by atoms with E-state index >= 15 is 0 Å². The van der Waals surface area contributed by atoms with Crippen molar-refractivity contribution in [2.45, 2.75) is 0 Å². The van der Waals surface area contributed by atoms with E-state index in [4.69, 9.17) is 15.7 Å². The molecule has 0 atom stereocenters. The smallest absolute Gasteiger partial charge is 0.198 e. The molecule has 0 aromatic heterocycles. The number of halogens is 4. The predicted octanol–water partition coefficient (Wildman–Crippen LogP) is 3.75. The lowest BCUT2D eigenvalue weighted by Crippen LogP contribution is -2.14. The minimum absolute atomic E-state index is 0.0395. The van der Waals surface area contributed by atoms with E-state index in [0.717, 1.165) is 18.2 Å². The zero-order valence-electron chi connectivity index (χ0n) is 10.3. The van der Waals surface area contributed by atoms with E-state index < -0.39 is 29.0 Å². The summed E-state index contributed by atoms with van der Waals surface area (Å²) in [6, 6.07) is 5.24. The van der Waals surface area contributed by atoms with Crippen LogP contribution in [0.5, 0.6) is 11.5 Å². The molecule has 0 bridgehead atoms. The van der Waals surface area contributed by atoms with Crippen molar-refractivity contribution in [2.75, 3.05) is 0 Å². The van der Waals surface area contributed by atoms with E-state index in [-0.39, 0.29) is 15.8 Å². The highest BCUT2D eigenvalue weighted by molar-refractivity contribution is 9.10. The molecule has 0 amide bonds. The largest absolute Gasteiger partial charge is 0.451 e. The highest BCUT2D eigenvalue weighted by Crippen LogP contribution is 2.30. The second-order valence-electron chi connectivity index (χ2n) is 3.93. The fourth-order valence-corrected chi connectivity index (χ4v) is 1.88. The number of nitrogens with two attached hydrogens (primary N) is 1. The molecule has 110 valence electrons. The monoisotopic (exact) mass is 360 g/mol. The van der Waals surface area contributed by atoms with Crippen molar-refractivity contribution >= 4 is 21.8 Å². The van der Waals surface area contributed by atoms with Crippen LogP contribution in [0.1, 0.15) is 5.56 Å². The molecule has 4 nitrogen and oxygen atoms in total. The molecular formula is C13H8BrF3N2O2. The molecule has 8 heteroatoms. The molecule has 0 saturated carbocycles. The molecule has 2 aromatic carbocycles. The lowest BCUT2D eigenvalue weighted by molar-refractivity contribution is 0.318. The first-order valence-corrected chi connectivity index (χ1v) is 6.31. The Morgan fingerprint density at radius 3 is 2.24 bits per heavy atom. The molecule has 0 aliphatic rings. The zero-order chi connectivity index (χ0) is 15.6. The number of hydrogen-bond donors (Lipinski definition) is 2. The van der Waals surface area contributed by atoms with Crippen LogP contribution in [0.4, 0.5) is 13.2 Å². The molecule has 2 aromatic rings. The van der Waals surface area contributed by atoms with Gasteiger partial charge in [0.25, 0.3) is 0 Å². The van der Waals surface area contributed by atoms with Gasteiger partial charge in [0.1, 0.15) is 11.6 Å². The van der Waals surface area contributed by atoms with E-state index in [9.17, 15) is 13.2 Å². The standard InChI is InChI=1S/C13H8BrF3N2O2/c14-8-5-7(1-2-9(8)15)21-12-10(16)3-6(4-11(12)17)13(18)19-20/h1-5,20H,(H2,18,19). The molecule has 0 aliphatic heterocycles. The fraction of sp³-hybridized carbons (Fsp3) is 0. The van der Waals surface area contributed by atoms with Gasteiger partial charge in [0.15, 0.2) is 23.2 Å². The normalized spacial score (nSPS) is 11.5. The summed E-state index contributed by atoms with van der Waals surface area (Å²) in [5, 5.41) is 11.1. The number of ether oxygens (including phenoxy) is 1. The van der Waals surface area contributed by atoms with E-state index in [1.54, 1.807) is 0 Å². The van der Waals surface area contributed by atoms with Crippen molar-refractivity contribution in [1.82, 2.24) is 0 Å². The number of nitrogens with zero attached hydrogens (tertiary/aromatic N) is 1. The number of amidine groups is 1. The second kappa shape index (κ2) is 6.04. The Morgan fingerprint density at radius 2 is 1.71 bits per heavy atom. The Kier molecular flexibility index (Phi) is 4.37. The van der Waals surface area contributed by atoms with Crippen molar-refractivity contribution in [2.24, 2.45) is 10.9 Å². The van der Waals surface area contributed by atoms with Gasteiger partial charge in [-0.15, -0.1) is 0 Å². The summed E-state index contributed by atoms with van der Waals surface area (Å²) < 4.78 is 45.9. The summed E-state index contributed by atoms with van der Waals surface area (Å²) in [6.45, 7) is 0. The van der Waals surface area contributed by atoms with Gasteiger partial charge in [0.05, 0.1) is 4.47 Å². The van der Waals surface area contributed by atoms with Gasteiger partial charge in [-0.2, -0.15) is 0 Å². The van der Waals surface area contributed by atoms with Crippen LogP contribution in [0.3, 0.4) is 0 Å². The predicted molar refractivity (Wildman–Crippen MR) is 73.0 cm³/mol. The summed E-state index contributed by atoms with van der Waals surface area (Å²) in [5.41, 5.74) is 5.11. The van der Waals surface area contributed by atoms with E-state index in [0.29, 0.717) is 0 Å². The highest BCUT2D eigenvalue weighted by Gasteiger charge is 2.16. The molecule has 0 heterocycles. The van der Waals surface area contributed by atoms with Crippen LogP contribution in [-0.2, 0) is 0 Å². The Hall–Kier alpha value is -2.22. The molecule has 0 unspecified atom stereocenters. The van der Waals surface area contributed by atoms with Gasteiger partial charge in [-0.25, -0.2) is 13.2 Å². The maximum atomic E-state index is 13.8. The number of hydrogen-bond acceptors (Lipinski definition) is 3. The molecule has 0 fully saturated rings. The SMILES string of the molecule is N/C(=N/O)c1cc(F)c(Oc2ccc(F)c(Br)c2)c(F)c1. The van der Waals surface area contributed by atoms with E-state index in [1.807, 2.05) is 0 Å². The van der Waals surface area contributed by atoms with Crippen molar-refractivity contribution in [1.29, 1.82) is 0 Å². The Bertz CT molecular complexity index is 700. The van der Waals surface area contributed by atoms with Crippen molar-refractivity contribution in [3.63, 3.8) is 0 Å². The van der Waals surface area contributed by atoms with Crippen LogP contribution in [0, 0.1) is 17.5 Å². The Labute approximate surface area is 125 Å². The van der Waals surface area contributed by atoms with Gasteiger partial charge in [0.2, 0.25) is 0 Å². The molecule has 0 aliphatic carbocycles. The topological polar surface area (TPSA) is 67.8 Å². The maximum Gasteiger partial charge on any atom is 0.198 e. The van der Waals surface area contributed by atoms with Gasteiger partial charge in [-0.05, 0) is 46.3 Å². The summed E-state index contributed by atoms with van der Waals surface area (Å²) in [6.07, 6.45) is 0. The maximum absolute atomic E-state index is 13.8. The van der Waals surface area contributed by atoms with Crippen LogP contribution in [-0.4, -0.2) is 11.0 Å². The van der Waals surface area contributed by atoms with Gasteiger partial charge >= 0.3 is 0 Å². The number of rotatable bonds is 3. The zero-order valence-corrected chi connectivity index (χ0v) is 11.9. The minimum atomic E-state index is -1.04. The lowest BCUT2D eigenvalue weighted by Gasteiger charge is -2.10. The quantitative estimate of drug-likeness (QED) is 0.379. The van der Waals surface area contributed by atoms with Crippen LogP contribution >= 0.6 is 15.9 Å². The average Bonchev–Trinajstić information content (AvgIpc) is 2.45. The van der Waals surface area contributed by atoms with E-state index in [1.165, 1.54) is 12.1 Å². The van der Waals surface area contributed by atoms with Gasteiger partial charge < -0.3 is 15.7 Å². The van der Waals surface area contributed by atoms with Gasteiger partial charge in [-0.3, -0.25) is 0 Å². The summed E-state index contributed by atoms with van der Waals surface area (Å²) in [7, 11) is 0. The summed E-state index contributed by atoms with van der Waals surface area (Å²) >= 11 is 2.93. The first-order chi connectivity index (χ1) is 9.92. The molecule has 3 N–H and O–H groups in total. The molecule has 21 heavy (non-hydrogen) atoms. The Morgan fingerprint density at radius 1 is 1.10 bits per heavy atom. The number of oxime groups is 1. The second-order valence-corrected chi connectivity index (χ2v) is 4.79. The molecule has 0 spiro atoms. The van der Waals surface area contributed by atoms with Crippen molar-refractivity contribution < 1.29 is 23.1 Å². The number of benzene rings is 2. The van der Waals surface area contributed by atoms with Gasteiger partial charge in [-0.1, -0.05) is 5.16 Å². The summed E-state index contributed by atoms with van der Waals surface area (Å²) in [4.78, 5) is 0. The molecule has 0 saturated heterocycles. The van der Waals surface area contributed by atoms with Crippen LogP contribution in [0.25, 0.3) is 0 Å².